The molecule has 3 nitrogen and oxygen atoms in total. The molecule has 0 saturated carbocycles. The number of morpholine rings is 1. The van der Waals surface area contributed by atoms with Crippen LogP contribution in [-0.2, 0) is 4.74 Å². The number of nitrogens with zero attached hydrogens (tertiary/aromatic N) is 1. The smallest absolute Gasteiger partial charge is 0.0936 e. The van der Waals surface area contributed by atoms with Crippen LogP contribution in [-0.4, -0.2) is 48.5 Å². The van der Waals surface area contributed by atoms with Gasteiger partial charge in [0.25, 0.3) is 0 Å². The van der Waals surface area contributed by atoms with Crippen molar-refractivity contribution in [2.75, 3.05) is 26.2 Å². The van der Waals surface area contributed by atoms with Crippen molar-refractivity contribution in [1.82, 2.24) is 4.90 Å². The van der Waals surface area contributed by atoms with E-state index in [0.717, 1.165) is 26.1 Å². The van der Waals surface area contributed by atoms with Gasteiger partial charge in [-0.2, -0.15) is 0 Å². The van der Waals surface area contributed by atoms with Crippen LogP contribution in [0.25, 0.3) is 0 Å². The molecular weight excluding hydrogens is 166 g/mol. The van der Waals surface area contributed by atoms with Gasteiger partial charge in [0.2, 0.25) is 0 Å². The van der Waals surface area contributed by atoms with Crippen molar-refractivity contribution in [2.45, 2.75) is 25.6 Å². The molecule has 0 spiro atoms. The van der Waals surface area contributed by atoms with Crippen LogP contribution in [0.5, 0.6) is 0 Å². The number of hydrogen-bond acceptors (Lipinski definition) is 3. The van der Waals surface area contributed by atoms with Crippen molar-refractivity contribution in [1.29, 1.82) is 0 Å². The fourth-order valence-corrected chi connectivity index (χ4v) is 1.65. The summed E-state index contributed by atoms with van der Waals surface area (Å²) in [6.07, 6.45) is 6.12. The monoisotopic (exact) mass is 183 g/mol. The molecule has 74 valence electrons. The predicted octanol–water partition coefficient (Wildman–Crippen LogP) is 0.0913. The van der Waals surface area contributed by atoms with Gasteiger partial charge in [-0.15, -0.1) is 12.3 Å². The zero-order valence-electron chi connectivity index (χ0n) is 8.07. The second kappa shape index (κ2) is 5.23. The number of rotatable bonds is 3. The highest BCUT2D eigenvalue weighted by Gasteiger charge is 2.23. The molecule has 1 N–H and O–H groups in total. The summed E-state index contributed by atoms with van der Waals surface area (Å²) in [7, 11) is 0. The van der Waals surface area contributed by atoms with Crippen LogP contribution >= 0.6 is 0 Å². The third kappa shape index (κ3) is 3.35. The number of terminal acetylenes is 1. The molecule has 0 aromatic heterocycles. The van der Waals surface area contributed by atoms with Crippen LogP contribution in [0, 0.1) is 12.3 Å². The lowest BCUT2D eigenvalue weighted by Gasteiger charge is -2.35. The van der Waals surface area contributed by atoms with Crippen molar-refractivity contribution >= 4 is 0 Å². The fourth-order valence-electron chi connectivity index (χ4n) is 1.65. The van der Waals surface area contributed by atoms with E-state index in [4.69, 9.17) is 16.3 Å². The number of ether oxygens (including phenoxy) is 1. The van der Waals surface area contributed by atoms with Crippen LogP contribution in [0.1, 0.15) is 13.3 Å². The number of aliphatic hydroxyl groups excluding tert-OH is 1. The van der Waals surface area contributed by atoms with E-state index in [1.807, 2.05) is 6.92 Å². The average Bonchev–Trinajstić information content (AvgIpc) is 2.14. The van der Waals surface area contributed by atoms with E-state index in [0.29, 0.717) is 0 Å². The summed E-state index contributed by atoms with van der Waals surface area (Å²) in [4.78, 5) is 2.24. The molecule has 0 bridgehead atoms. The summed E-state index contributed by atoms with van der Waals surface area (Å²) >= 11 is 0. The second-order valence-electron chi connectivity index (χ2n) is 3.46. The standard InChI is InChI=1S/C10H17NO2/c1-3-4-5-11-6-9(2)13-10(7-11)8-12/h1,9-10,12H,4-8H2,2H3. The maximum absolute atomic E-state index is 8.96. The molecule has 1 rings (SSSR count). The Morgan fingerprint density at radius 2 is 2.38 bits per heavy atom. The molecule has 13 heavy (non-hydrogen) atoms. The minimum Gasteiger partial charge on any atom is -0.394 e. The summed E-state index contributed by atoms with van der Waals surface area (Å²) in [5, 5.41) is 8.96. The van der Waals surface area contributed by atoms with Crippen LogP contribution in [0.4, 0.5) is 0 Å². The highest BCUT2D eigenvalue weighted by molar-refractivity contribution is 4.86. The first kappa shape index (κ1) is 10.5. The summed E-state index contributed by atoms with van der Waals surface area (Å²) < 4.78 is 5.50. The van der Waals surface area contributed by atoms with E-state index in [-0.39, 0.29) is 18.8 Å². The highest BCUT2D eigenvalue weighted by atomic mass is 16.5. The summed E-state index contributed by atoms with van der Waals surface area (Å²) in [6.45, 7) is 4.73. The lowest BCUT2D eigenvalue weighted by atomic mass is 10.2. The minimum absolute atomic E-state index is 0.0403. The van der Waals surface area contributed by atoms with Gasteiger partial charge < -0.3 is 9.84 Å². The van der Waals surface area contributed by atoms with E-state index in [2.05, 4.69) is 10.8 Å². The molecule has 1 saturated heterocycles. The van der Waals surface area contributed by atoms with Crippen molar-refractivity contribution in [3.8, 4) is 12.3 Å². The minimum atomic E-state index is -0.0403. The molecule has 1 aliphatic rings. The SMILES string of the molecule is C#CCCN1CC(C)OC(CO)C1. The first-order valence-electron chi connectivity index (χ1n) is 4.68. The van der Waals surface area contributed by atoms with E-state index in [1.54, 1.807) is 0 Å². The Balaban J connectivity index is 2.34. The molecule has 2 atom stereocenters. The van der Waals surface area contributed by atoms with Crippen LogP contribution in [0.15, 0.2) is 0 Å². The van der Waals surface area contributed by atoms with Gasteiger partial charge in [-0.1, -0.05) is 0 Å². The molecule has 0 amide bonds. The van der Waals surface area contributed by atoms with E-state index < -0.39 is 0 Å². The van der Waals surface area contributed by atoms with Crippen molar-refractivity contribution in [2.24, 2.45) is 0 Å². The first-order chi connectivity index (χ1) is 6.26. The van der Waals surface area contributed by atoms with Gasteiger partial charge in [-0.05, 0) is 6.92 Å². The highest BCUT2D eigenvalue weighted by Crippen LogP contribution is 2.10. The van der Waals surface area contributed by atoms with Gasteiger partial charge in [0, 0.05) is 26.1 Å². The van der Waals surface area contributed by atoms with E-state index >= 15 is 0 Å². The maximum Gasteiger partial charge on any atom is 0.0936 e. The summed E-state index contributed by atoms with van der Waals surface area (Å²) in [6, 6.07) is 0. The van der Waals surface area contributed by atoms with Crippen molar-refractivity contribution in [3.05, 3.63) is 0 Å². The van der Waals surface area contributed by atoms with E-state index in [1.165, 1.54) is 0 Å². The number of hydrogen-bond donors (Lipinski definition) is 1. The topological polar surface area (TPSA) is 32.7 Å². The normalized spacial score (nSPS) is 29.9. The largest absolute Gasteiger partial charge is 0.394 e. The Morgan fingerprint density at radius 3 is 3.00 bits per heavy atom. The molecule has 0 aromatic rings. The molecule has 0 aliphatic carbocycles. The predicted molar refractivity (Wildman–Crippen MR) is 51.3 cm³/mol. The lowest BCUT2D eigenvalue weighted by Crippen LogP contribution is -2.48. The van der Waals surface area contributed by atoms with Crippen LogP contribution < -0.4 is 0 Å². The molecule has 1 aliphatic heterocycles. The second-order valence-corrected chi connectivity index (χ2v) is 3.46. The molecule has 0 radical (unpaired) electrons. The number of aliphatic hydroxyl groups is 1. The Kier molecular flexibility index (Phi) is 4.23. The Labute approximate surface area is 79.7 Å². The zero-order valence-corrected chi connectivity index (χ0v) is 8.07. The van der Waals surface area contributed by atoms with Crippen LogP contribution in [0.3, 0.4) is 0 Å². The summed E-state index contributed by atoms with van der Waals surface area (Å²) in [5.74, 6) is 2.62. The van der Waals surface area contributed by atoms with Gasteiger partial charge in [0.05, 0.1) is 18.8 Å². The van der Waals surface area contributed by atoms with Crippen LogP contribution in [0.2, 0.25) is 0 Å². The third-order valence-electron chi connectivity index (χ3n) is 2.18. The van der Waals surface area contributed by atoms with Gasteiger partial charge >= 0.3 is 0 Å². The molecular formula is C10H17NO2. The molecule has 0 aromatic carbocycles. The lowest BCUT2D eigenvalue weighted by molar-refractivity contribution is -0.0945. The quantitative estimate of drug-likeness (QED) is 0.629. The third-order valence-corrected chi connectivity index (χ3v) is 2.18. The van der Waals surface area contributed by atoms with Crippen molar-refractivity contribution < 1.29 is 9.84 Å². The van der Waals surface area contributed by atoms with E-state index in [9.17, 15) is 0 Å². The average molecular weight is 183 g/mol. The van der Waals surface area contributed by atoms with Gasteiger partial charge in [0.1, 0.15) is 0 Å². The first-order valence-corrected chi connectivity index (χ1v) is 4.68. The Morgan fingerprint density at radius 1 is 1.62 bits per heavy atom. The zero-order chi connectivity index (χ0) is 9.68. The Hall–Kier alpha value is -0.560. The van der Waals surface area contributed by atoms with Gasteiger partial charge in [-0.25, -0.2) is 0 Å². The molecule has 1 heterocycles. The maximum atomic E-state index is 8.96. The molecule has 1 fully saturated rings. The van der Waals surface area contributed by atoms with Gasteiger partial charge in [0.15, 0.2) is 0 Å². The fraction of sp³-hybridized carbons (Fsp3) is 0.800. The molecule has 3 heteroatoms. The Bertz CT molecular complexity index is 188. The summed E-state index contributed by atoms with van der Waals surface area (Å²) in [5.41, 5.74) is 0. The van der Waals surface area contributed by atoms with Crippen molar-refractivity contribution in [3.63, 3.8) is 0 Å². The van der Waals surface area contributed by atoms with Gasteiger partial charge in [-0.3, -0.25) is 4.90 Å². The molecule has 2 unspecified atom stereocenters.